The highest BCUT2D eigenvalue weighted by atomic mass is 35.5. The van der Waals surface area contributed by atoms with E-state index in [0.717, 1.165) is 31.7 Å². The largest absolute Gasteiger partial charge is 0.465 e. The first kappa shape index (κ1) is 15.3. The van der Waals surface area contributed by atoms with Crippen LogP contribution in [0.25, 0.3) is 0 Å². The number of nitrogens with zero attached hydrogens (tertiary/aromatic N) is 1. The Kier molecular flexibility index (Phi) is 5.40. The van der Waals surface area contributed by atoms with Gasteiger partial charge in [0.1, 0.15) is 0 Å². The second-order valence-electron chi connectivity index (χ2n) is 5.22. The fourth-order valence-electron chi connectivity index (χ4n) is 2.46. The Morgan fingerprint density at radius 1 is 1.55 bits per heavy atom. The lowest BCUT2D eigenvalue weighted by atomic mass is 10.1. The quantitative estimate of drug-likeness (QED) is 0.783. The molecule has 1 aromatic rings. The number of carbonyl (C=O) groups excluding carboxylic acids is 1. The Bertz CT molecular complexity index is 472. The molecule has 0 amide bonds. The molecule has 2 rings (SSSR count). The molecule has 1 saturated heterocycles. The van der Waals surface area contributed by atoms with Crippen LogP contribution in [-0.2, 0) is 16.0 Å². The molecular weight excluding hydrogens is 278 g/mol. The van der Waals surface area contributed by atoms with Crippen LogP contribution >= 0.6 is 11.6 Å². The molecule has 0 N–H and O–H groups in total. The monoisotopic (exact) mass is 297 g/mol. The summed E-state index contributed by atoms with van der Waals surface area (Å²) >= 11 is 6.20. The van der Waals surface area contributed by atoms with Crippen LogP contribution < -0.4 is 0 Å². The molecule has 0 aromatic heterocycles. The second-order valence-corrected chi connectivity index (χ2v) is 5.63. The molecule has 4 nitrogen and oxygen atoms in total. The van der Waals surface area contributed by atoms with Gasteiger partial charge in [-0.15, -0.1) is 0 Å². The maximum absolute atomic E-state index is 11.5. The summed E-state index contributed by atoms with van der Waals surface area (Å²) in [5.41, 5.74) is 1.47. The van der Waals surface area contributed by atoms with E-state index in [-0.39, 0.29) is 5.97 Å². The number of hydrogen-bond acceptors (Lipinski definition) is 4. The average molecular weight is 298 g/mol. The second kappa shape index (κ2) is 7.07. The molecule has 0 saturated carbocycles. The zero-order valence-corrected chi connectivity index (χ0v) is 12.7. The third-order valence-electron chi connectivity index (χ3n) is 3.50. The minimum atomic E-state index is -0.338. The van der Waals surface area contributed by atoms with E-state index in [4.69, 9.17) is 21.1 Å². The smallest absolute Gasteiger partial charge is 0.337 e. The molecule has 0 spiro atoms. The van der Waals surface area contributed by atoms with E-state index in [0.29, 0.717) is 23.0 Å². The molecule has 0 bridgehead atoms. The molecule has 5 heteroatoms. The summed E-state index contributed by atoms with van der Waals surface area (Å²) in [5.74, 6) is 0.248. The summed E-state index contributed by atoms with van der Waals surface area (Å²) < 4.78 is 10.1. The maximum Gasteiger partial charge on any atom is 0.337 e. The Morgan fingerprint density at radius 3 is 3.00 bits per heavy atom. The summed E-state index contributed by atoms with van der Waals surface area (Å²) in [6.07, 6.45) is 1.11. The molecule has 1 aromatic carbocycles. The molecule has 1 heterocycles. The highest BCUT2D eigenvalue weighted by Gasteiger charge is 2.18. The van der Waals surface area contributed by atoms with Gasteiger partial charge in [-0.3, -0.25) is 0 Å². The fraction of sp³-hybridized carbons (Fsp3) is 0.533. The van der Waals surface area contributed by atoms with Crippen molar-refractivity contribution in [1.29, 1.82) is 0 Å². The maximum atomic E-state index is 11.5. The van der Waals surface area contributed by atoms with Crippen LogP contribution in [0.2, 0.25) is 5.02 Å². The van der Waals surface area contributed by atoms with Crippen LogP contribution in [0.4, 0.5) is 0 Å². The van der Waals surface area contributed by atoms with E-state index in [9.17, 15) is 4.79 Å². The number of esters is 1. The van der Waals surface area contributed by atoms with Crippen LogP contribution in [0.5, 0.6) is 0 Å². The molecule has 1 aliphatic heterocycles. The molecule has 1 fully saturated rings. The van der Waals surface area contributed by atoms with Gasteiger partial charge in [0.05, 0.1) is 19.3 Å². The Labute approximate surface area is 124 Å². The van der Waals surface area contributed by atoms with Gasteiger partial charge in [0.2, 0.25) is 0 Å². The number of hydrogen-bond donors (Lipinski definition) is 0. The number of carbonyl (C=O) groups is 1. The Balaban J connectivity index is 2.01. The third kappa shape index (κ3) is 3.95. The zero-order valence-electron chi connectivity index (χ0n) is 11.9. The number of ether oxygens (including phenoxy) is 2. The van der Waals surface area contributed by atoms with Crippen LogP contribution in [0, 0.1) is 5.92 Å². The van der Waals surface area contributed by atoms with Crippen molar-refractivity contribution in [3.63, 3.8) is 0 Å². The van der Waals surface area contributed by atoms with Crippen molar-refractivity contribution in [3.05, 3.63) is 34.3 Å². The molecular formula is C15H20ClNO3. The van der Waals surface area contributed by atoms with Crippen LogP contribution in [0.3, 0.4) is 0 Å². The molecule has 0 aliphatic carbocycles. The Morgan fingerprint density at radius 2 is 2.35 bits per heavy atom. The molecule has 1 atom stereocenters. The van der Waals surface area contributed by atoms with Crippen LogP contribution in [-0.4, -0.2) is 44.8 Å². The highest BCUT2D eigenvalue weighted by molar-refractivity contribution is 6.31. The first-order chi connectivity index (χ1) is 9.60. The van der Waals surface area contributed by atoms with Crippen molar-refractivity contribution in [1.82, 2.24) is 4.90 Å². The van der Waals surface area contributed by atoms with E-state index in [1.807, 2.05) is 0 Å². The molecule has 0 radical (unpaired) electrons. The summed E-state index contributed by atoms with van der Waals surface area (Å²) in [6.45, 7) is 3.37. The third-order valence-corrected chi connectivity index (χ3v) is 3.87. The molecule has 1 aliphatic rings. The van der Waals surface area contributed by atoms with Crippen molar-refractivity contribution < 1.29 is 14.3 Å². The van der Waals surface area contributed by atoms with Crippen molar-refractivity contribution >= 4 is 17.6 Å². The highest BCUT2D eigenvalue weighted by Crippen LogP contribution is 2.21. The van der Waals surface area contributed by atoms with Crippen molar-refractivity contribution in [3.8, 4) is 0 Å². The number of methoxy groups -OCH3 is 1. The van der Waals surface area contributed by atoms with Gasteiger partial charge in [0.15, 0.2) is 0 Å². The summed E-state index contributed by atoms with van der Waals surface area (Å²) in [6, 6.07) is 5.23. The first-order valence-corrected chi connectivity index (χ1v) is 7.11. The average Bonchev–Trinajstić information content (AvgIpc) is 2.93. The van der Waals surface area contributed by atoms with E-state index < -0.39 is 0 Å². The lowest BCUT2D eigenvalue weighted by Crippen LogP contribution is -2.25. The topological polar surface area (TPSA) is 38.8 Å². The molecule has 20 heavy (non-hydrogen) atoms. The normalized spacial score (nSPS) is 18.5. The van der Waals surface area contributed by atoms with Gasteiger partial charge in [0.25, 0.3) is 0 Å². The van der Waals surface area contributed by atoms with E-state index in [1.165, 1.54) is 7.11 Å². The SMILES string of the molecule is COC(=O)c1ccc(Cl)c(CN(C)C[C@H]2CCOC2)c1. The van der Waals surface area contributed by atoms with Gasteiger partial charge in [-0.05, 0) is 43.1 Å². The zero-order chi connectivity index (χ0) is 14.5. The summed E-state index contributed by atoms with van der Waals surface area (Å²) in [7, 11) is 3.43. The van der Waals surface area contributed by atoms with E-state index in [2.05, 4.69) is 11.9 Å². The first-order valence-electron chi connectivity index (χ1n) is 6.73. The van der Waals surface area contributed by atoms with Crippen LogP contribution in [0.15, 0.2) is 18.2 Å². The number of halogens is 1. The standard InChI is InChI=1S/C15H20ClNO3/c1-17(8-11-5-6-20-10-11)9-13-7-12(15(18)19-2)3-4-14(13)16/h3-4,7,11H,5-6,8-10H2,1-2H3/t11-/m1/s1. The van der Waals surface area contributed by atoms with Crippen LogP contribution in [0.1, 0.15) is 22.3 Å². The molecule has 110 valence electrons. The van der Waals surface area contributed by atoms with Crippen molar-refractivity contribution in [2.24, 2.45) is 5.92 Å². The van der Waals surface area contributed by atoms with Gasteiger partial charge in [0, 0.05) is 24.7 Å². The van der Waals surface area contributed by atoms with Gasteiger partial charge in [-0.2, -0.15) is 0 Å². The van der Waals surface area contributed by atoms with Gasteiger partial charge in [-0.25, -0.2) is 4.79 Å². The van der Waals surface area contributed by atoms with Crippen molar-refractivity contribution in [2.45, 2.75) is 13.0 Å². The lowest BCUT2D eigenvalue weighted by Gasteiger charge is -2.20. The molecule has 0 unspecified atom stereocenters. The lowest BCUT2D eigenvalue weighted by molar-refractivity contribution is 0.0600. The van der Waals surface area contributed by atoms with E-state index in [1.54, 1.807) is 18.2 Å². The minimum absolute atomic E-state index is 0.338. The Hall–Kier alpha value is -1.10. The fourth-order valence-corrected chi connectivity index (χ4v) is 2.64. The van der Waals surface area contributed by atoms with Crippen molar-refractivity contribution in [2.75, 3.05) is 33.9 Å². The predicted octanol–water partition coefficient (Wildman–Crippen LogP) is 2.59. The van der Waals surface area contributed by atoms with Gasteiger partial charge in [-0.1, -0.05) is 11.6 Å². The van der Waals surface area contributed by atoms with E-state index >= 15 is 0 Å². The minimum Gasteiger partial charge on any atom is -0.465 e. The van der Waals surface area contributed by atoms with Gasteiger partial charge < -0.3 is 14.4 Å². The summed E-state index contributed by atoms with van der Waals surface area (Å²) in [4.78, 5) is 13.8. The number of benzene rings is 1. The number of rotatable bonds is 5. The van der Waals surface area contributed by atoms with Gasteiger partial charge >= 0.3 is 5.97 Å². The summed E-state index contributed by atoms with van der Waals surface area (Å²) in [5, 5.41) is 0.673. The predicted molar refractivity (Wildman–Crippen MR) is 78.1 cm³/mol.